The van der Waals surface area contributed by atoms with Crippen LogP contribution >= 0.6 is 0 Å². The standard InChI is InChI=1S/C22H19F4N7O/c1-11-2-14(19(29-5-11)20-30-6-13(23)7-31-20)21(34)33-10-12-3-15(16(33)4-12)32-18-9-27-17(8-28-18)22(24,25)26/h2,5-9,12,15-16H,3-4,10H2,1H3,(H,28,32). The Labute approximate surface area is 191 Å². The van der Waals surface area contributed by atoms with Crippen molar-refractivity contribution in [2.75, 3.05) is 11.9 Å². The van der Waals surface area contributed by atoms with Crippen LogP contribution in [0.2, 0.25) is 0 Å². The number of rotatable bonds is 4. The van der Waals surface area contributed by atoms with E-state index in [-0.39, 0.29) is 41.2 Å². The number of piperidine rings is 1. The minimum Gasteiger partial charge on any atom is -0.364 e. The molecule has 12 heteroatoms. The maximum atomic E-state index is 13.6. The third kappa shape index (κ3) is 4.15. The molecule has 34 heavy (non-hydrogen) atoms. The molecule has 0 aromatic carbocycles. The van der Waals surface area contributed by atoms with Crippen molar-refractivity contribution < 1.29 is 22.4 Å². The number of hydrogen-bond acceptors (Lipinski definition) is 7. The molecule has 1 aliphatic heterocycles. The fourth-order valence-electron chi connectivity index (χ4n) is 4.65. The van der Waals surface area contributed by atoms with E-state index in [1.807, 2.05) is 6.92 Å². The van der Waals surface area contributed by atoms with E-state index in [2.05, 4.69) is 30.2 Å². The van der Waals surface area contributed by atoms with Gasteiger partial charge >= 0.3 is 6.18 Å². The molecule has 0 spiro atoms. The summed E-state index contributed by atoms with van der Waals surface area (Å²) in [6.07, 6.45) is 2.32. The number of hydrogen-bond donors (Lipinski definition) is 1. The summed E-state index contributed by atoms with van der Waals surface area (Å²) >= 11 is 0. The lowest BCUT2D eigenvalue weighted by molar-refractivity contribution is -0.141. The Kier molecular flexibility index (Phi) is 5.37. The quantitative estimate of drug-likeness (QED) is 0.580. The molecular formula is C22H19F4N7O. The number of amides is 1. The van der Waals surface area contributed by atoms with Crippen LogP contribution in [0.15, 0.2) is 37.1 Å². The van der Waals surface area contributed by atoms with E-state index in [4.69, 9.17) is 0 Å². The summed E-state index contributed by atoms with van der Waals surface area (Å²) in [5.74, 6) is -0.242. The zero-order valence-corrected chi connectivity index (χ0v) is 17.9. The molecule has 1 aliphatic carbocycles. The van der Waals surface area contributed by atoms with E-state index in [9.17, 15) is 22.4 Å². The zero-order valence-electron chi connectivity index (χ0n) is 17.9. The maximum Gasteiger partial charge on any atom is 0.434 e. The highest BCUT2D eigenvalue weighted by Gasteiger charge is 2.47. The Morgan fingerprint density at radius 2 is 1.79 bits per heavy atom. The number of aryl methyl sites for hydroxylation is 1. The molecule has 3 atom stereocenters. The average molecular weight is 473 g/mol. The third-order valence-corrected chi connectivity index (χ3v) is 6.11. The summed E-state index contributed by atoms with van der Waals surface area (Å²) in [7, 11) is 0. The number of pyridine rings is 1. The van der Waals surface area contributed by atoms with Gasteiger partial charge in [-0.2, -0.15) is 13.2 Å². The predicted octanol–water partition coefficient (Wildman–Crippen LogP) is 3.51. The highest BCUT2D eigenvalue weighted by Crippen LogP contribution is 2.40. The largest absolute Gasteiger partial charge is 0.434 e. The molecule has 3 unspecified atom stereocenters. The minimum absolute atomic E-state index is 0.142. The maximum absolute atomic E-state index is 13.6. The van der Waals surface area contributed by atoms with Crippen LogP contribution < -0.4 is 5.32 Å². The predicted molar refractivity (Wildman–Crippen MR) is 112 cm³/mol. The Hall–Kier alpha value is -3.70. The van der Waals surface area contributed by atoms with Crippen LogP contribution in [0.3, 0.4) is 0 Å². The summed E-state index contributed by atoms with van der Waals surface area (Å²) < 4.78 is 51.5. The van der Waals surface area contributed by atoms with Gasteiger partial charge in [0, 0.05) is 18.8 Å². The number of aromatic nitrogens is 5. The van der Waals surface area contributed by atoms with Gasteiger partial charge in [-0.15, -0.1) is 0 Å². The van der Waals surface area contributed by atoms with E-state index >= 15 is 0 Å². The van der Waals surface area contributed by atoms with Crippen molar-refractivity contribution in [3.8, 4) is 11.5 Å². The van der Waals surface area contributed by atoms with Crippen molar-refractivity contribution in [3.63, 3.8) is 0 Å². The third-order valence-electron chi connectivity index (χ3n) is 6.11. The van der Waals surface area contributed by atoms with E-state index in [0.29, 0.717) is 18.3 Å². The molecule has 3 aromatic heterocycles. The van der Waals surface area contributed by atoms with Crippen LogP contribution in [0.25, 0.3) is 11.5 Å². The van der Waals surface area contributed by atoms with Crippen LogP contribution in [-0.4, -0.2) is 54.4 Å². The fraction of sp³-hybridized carbons (Fsp3) is 0.364. The molecule has 1 N–H and O–H groups in total. The van der Waals surface area contributed by atoms with Gasteiger partial charge in [-0.05, 0) is 37.3 Å². The lowest BCUT2D eigenvalue weighted by Crippen LogP contribution is -2.48. The van der Waals surface area contributed by atoms with Gasteiger partial charge in [0.05, 0.1) is 36.4 Å². The van der Waals surface area contributed by atoms with Crippen molar-refractivity contribution in [2.24, 2.45) is 5.92 Å². The molecule has 4 heterocycles. The lowest BCUT2D eigenvalue weighted by Gasteiger charge is -2.34. The second-order valence-corrected chi connectivity index (χ2v) is 8.53. The molecule has 1 amide bonds. The summed E-state index contributed by atoms with van der Waals surface area (Å²) in [4.78, 5) is 34.9. The smallest absolute Gasteiger partial charge is 0.364 e. The molecule has 1 saturated carbocycles. The van der Waals surface area contributed by atoms with Crippen molar-refractivity contribution in [2.45, 2.75) is 38.0 Å². The van der Waals surface area contributed by atoms with Crippen LogP contribution in [0, 0.1) is 18.7 Å². The number of carbonyl (C=O) groups excluding carboxylic acids is 1. The van der Waals surface area contributed by atoms with E-state index in [0.717, 1.165) is 37.0 Å². The van der Waals surface area contributed by atoms with Crippen molar-refractivity contribution in [1.29, 1.82) is 0 Å². The van der Waals surface area contributed by atoms with E-state index in [1.54, 1.807) is 17.2 Å². The molecule has 2 bridgehead atoms. The number of nitrogens with zero attached hydrogens (tertiary/aromatic N) is 6. The second-order valence-electron chi connectivity index (χ2n) is 8.53. The number of carbonyl (C=O) groups is 1. The first-order valence-electron chi connectivity index (χ1n) is 10.6. The first-order chi connectivity index (χ1) is 16.2. The highest BCUT2D eigenvalue weighted by molar-refractivity contribution is 5.99. The number of anilines is 1. The van der Waals surface area contributed by atoms with E-state index < -0.39 is 17.7 Å². The first-order valence-corrected chi connectivity index (χ1v) is 10.6. The summed E-state index contributed by atoms with van der Waals surface area (Å²) in [6, 6.07) is 1.34. The molecule has 3 aromatic rings. The van der Waals surface area contributed by atoms with E-state index in [1.165, 1.54) is 0 Å². The minimum atomic E-state index is -4.56. The number of fused-ring (bicyclic) bond motifs is 2. The Morgan fingerprint density at radius 1 is 1.03 bits per heavy atom. The number of nitrogens with one attached hydrogen (secondary N) is 1. The summed E-state index contributed by atoms with van der Waals surface area (Å²) in [5.41, 5.74) is 0.280. The lowest BCUT2D eigenvalue weighted by atomic mass is 10.0. The molecule has 176 valence electrons. The molecule has 8 nitrogen and oxygen atoms in total. The van der Waals surface area contributed by atoms with Gasteiger partial charge < -0.3 is 10.2 Å². The van der Waals surface area contributed by atoms with Crippen LogP contribution in [0.5, 0.6) is 0 Å². The van der Waals surface area contributed by atoms with Crippen molar-refractivity contribution in [1.82, 2.24) is 29.8 Å². The molecule has 1 saturated heterocycles. The molecule has 2 aliphatic rings. The SMILES string of the molecule is Cc1cnc(-c2ncc(F)cn2)c(C(=O)N2CC3CC(Nc4cnc(C(F)(F)F)cn4)C2C3)c1. The van der Waals surface area contributed by atoms with Gasteiger partial charge in [0.2, 0.25) is 0 Å². The van der Waals surface area contributed by atoms with Crippen LogP contribution in [-0.2, 0) is 6.18 Å². The Morgan fingerprint density at radius 3 is 2.44 bits per heavy atom. The molecular weight excluding hydrogens is 454 g/mol. The Bertz CT molecular complexity index is 1220. The van der Waals surface area contributed by atoms with Crippen LogP contribution in [0.1, 0.15) is 34.5 Å². The summed E-state index contributed by atoms with van der Waals surface area (Å²) in [6.45, 7) is 2.36. The molecule has 2 fully saturated rings. The number of halogens is 4. The van der Waals surface area contributed by atoms with Crippen molar-refractivity contribution >= 4 is 11.7 Å². The van der Waals surface area contributed by atoms with Gasteiger partial charge in [0.25, 0.3) is 5.91 Å². The first kappa shape index (κ1) is 22.1. The normalized spacial score (nSPS) is 21.7. The second kappa shape index (κ2) is 8.26. The van der Waals surface area contributed by atoms with Gasteiger partial charge in [-0.1, -0.05) is 0 Å². The number of likely N-dealkylation sites (tertiary alicyclic amines) is 1. The van der Waals surface area contributed by atoms with Gasteiger partial charge in [-0.3, -0.25) is 9.78 Å². The fourth-order valence-corrected chi connectivity index (χ4v) is 4.65. The average Bonchev–Trinajstić information content (AvgIpc) is 3.40. The molecule has 0 radical (unpaired) electrons. The zero-order chi connectivity index (χ0) is 24.0. The van der Waals surface area contributed by atoms with Crippen LogP contribution in [0.4, 0.5) is 23.4 Å². The highest BCUT2D eigenvalue weighted by atomic mass is 19.4. The summed E-state index contributed by atoms with van der Waals surface area (Å²) in [5, 5.41) is 3.13. The van der Waals surface area contributed by atoms with Gasteiger partial charge in [0.15, 0.2) is 17.3 Å². The van der Waals surface area contributed by atoms with Gasteiger partial charge in [-0.25, -0.2) is 24.3 Å². The monoisotopic (exact) mass is 473 g/mol. The van der Waals surface area contributed by atoms with Gasteiger partial charge in [0.1, 0.15) is 11.5 Å². The Balaban J connectivity index is 1.38. The topological polar surface area (TPSA) is 96.8 Å². The molecule has 5 rings (SSSR count). The van der Waals surface area contributed by atoms with Crippen molar-refractivity contribution in [3.05, 3.63) is 59.7 Å². The number of alkyl halides is 3.